The lowest BCUT2D eigenvalue weighted by molar-refractivity contribution is -0.131. The van der Waals surface area contributed by atoms with Crippen molar-refractivity contribution in [3.05, 3.63) is 47.8 Å². The molecule has 0 aliphatic carbocycles. The summed E-state index contributed by atoms with van der Waals surface area (Å²) in [4.78, 5) is 26.4. The van der Waals surface area contributed by atoms with Crippen LogP contribution in [0.25, 0.3) is 0 Å². The van der Waals surface area contributed by atoms with Crippen LogP contribution in [0.4, 0.5) is 0 Å². The second-order valence-corrected chi connectivity index (χ2v) is 5.53. The summed E-state index contributed by atoms with van der Waals surface area (Å²) in [6.45, 7) is 3.44. The molecule has 3 rings (SSSR count). The van der Waals surface area contributed by atoms with E-state index in [9.17, 15) is 9.59 Å². The third-order valence-corrected chi connectivity index (χ3v) is 3.87. The minimum Gasteiger partial charge on any atom is -0.373 e. The van der Waals surface area contributed by atoms with Crippen LogP contribution in [0.15, 0.2) is 42.2 Å². The molecule has 3 N–H and O–H groups in total. The van der Waals surface area contributed by atoms with Gasteiger partial charge >= 0.3 is 0 Å². The van der Waals surface area contributed by atoms with E-state index in [1.807, 2.05) is 35.2 Å². The van der Waals surface area contributed by atoms with E-state index in [2.05, 4.69) is 16.0 Å². The van der Waals surface area contributed by atoms with Crippen LogP contribution in [0, 0.1) is 0 Å². The smallest absolute Gasteiger partial charge is 0.269 e. The third-order valence-electron chi connectivity index (χ3n) is 3.87. The zero-order chi connectivity index (χ0) is 15.4. The van der Waals surface area contributed by atoms with E-state index in [1.54, 1.807) is 6.20 Å². The van der Waals surface area contributed by atoms with Crippen molar-refractivity contribution >= 4 is 11.8 Å². The van der Waals surface area contributed by atoms with Gasteiger partial charge in [0.25, 0.3) is 5.91 Å². The van der Waals surface area contributed by atoms with Crippen molar-refractivity contribution in [1.82, 2.24) is 20.9 Å². The molecule has 6 heteroatoms. The maximum absolute atomic E-state index is 12.2. The van der Waals surface area contributed by atoms with Gasteiger partial charge in [0, 0.05) is 38.8 Å². The Morgan fingerprint density at radius 1 is 1.14 bits per heavy atom. The van der Waals surface area contributed by atoms with Crippen LogP contribution in [0.3, 0.4) is 0 Å². The molecule has 2 heterocycles. The van der Waals surface area contributed by atoms with Crippen LogP contribution < -0.4 is 16.0 Å². The largest absolute Gasteiger partial charge is 0.373 e. The Balaban J connectivity index is 1.65. The van der Waals surface area contributed by atoms with Crippen molar-refractivity contribution in [3.63, 3.8) is 0 Å². The Labute approximate surface area is 129 Å². The molecule has 2 aliphatic heterocycles. The maximum Gasteiger partial charge on any atom is 0.269 e. The summed E-state index contributed by atoms with van der Waals surface area (Å²) in [6.07, 6.45) is 2.24. The van der Waals surface area contributed by atoms with Crippen molar-refractivity contribution in [2.45, 2.75) is 12.5 Å². The Morgan fingerprint density at radius 2 is 1.86 bits per heavy atom. The third kappa shape index (κ3) is 3.46. The maximum atomic E-state index is 12.2. The van der Waals surface area contributed by atoms with Crippen LogP contribution in [0.1, 0.15) is 5.56 Å². The Bertz CT molecular complexity index is 579. The Kier molecular flexibility index (Phi) is 4.39. The van der Waals surface area contributed by atoms with Gasteiger partial charge in [-0.15, -0.1) is 0 Å². The topological polar surface area (TPSA) is 73.5 Å². The summed E-state index contributed by atoms with van der Waals surface area (Å²) in [7, 11) is 0. The molecule has 6 nitrogen and oxygen atoms in total. The lowest BCUT2D eigenvalue weighted by Crippen LogP contribution is -2.56. The second kappa shape index (κ2) is 6.62. The predicted molar refractivity (Wildman–Crippen MR) is 82.7 cm³/mol. The monoisotopic (exact) mass is 300 g/mol. The minimum absolute atomic E-state index is 0.162. The first-order valence-electron chi connectivity index (χ1n) is 7.54. The van der Waals surface area contributed by atoms with E-state index < -0.39 is 6.04 Å². The van der Waals surface area contributed by atoms with Crippen LogP contribution in [0.5, 0.6) is 0 Å². The summed E-state index contributed by atoms with van der Waals surface area (Å²) < 4.78 is 0. The first kappa shape index (κ1) is 14.6. The zero-order valence-electron chi connectivity index (χ0n) is 12.3. The van der Waals surface area contributed by atoms with Crippen LogP contribution in [-0.2, 0) is 16.0 Å². The van der Waals surface area contributed by atoms with Crippen molar-refractivity contribution in [2.24, 2.45) is 0 Å². The fraction of sp³-hybridized carbons (Fsp3) is 0.375. The average molecular weight is 300 g/mol. The highest BCUT2D eigenvalue weighted by Crippen LogP contribution is 2.09. The molecular formula is C16H20N4O2. The highest BCUT2D eigenvalue weighted by atomic mass is 16.2. The molecule has 2 saturated heterocycles. The average Bonchev–Trinajstić information content (AvgIpc) is 2.54. The number of hydrogen-bond acceptors (Lipinski definition) is 4. The Morgan fingerprint density at radius 3 is 2.59 bits per heavy atom. The van der Waals surface area contributed by atoms with Gasteiger partial charge in [-0.3, -0.25) is 9.59 Å². The number of rotatable bonds is 3. The number of amides is 2. The predicted octanol–water partition coefficient (Wildman–Crippen LogP) is -0.410. The Hall–Kier alpha value is -2.34. The summed E-state index contributed by atoms with van der Waals surface area (Å²) in [5, 5.41) is 8.77. The normalized spacial score (nSPS) is 24.1. The van der Waals surface area contributed by atoms with Gasteiger partial charge in [-0.25, -0.2) is 0 Å². The van der Waals surface area contributed by atoms with Crippen molar-refractivity contribution in [2.75, 3.05) is 26.2 Å². The molecule has 1 aromatic rings. The van der Waals surface area contributed by atoms with Gasteiger partial charge in [0.15, 0.2) is 0 Å². The van der Waals surface area contributed by atoms with Crippen molar-refractivity contribution in [3.8, 4) is 0 Å². The van der Waals surface area contributed by atoms with Crippen LogP contribution >= 0.6 is 0 Å². The summed E-state index contributed by atoms with van der Waals surface area (Å²) in [6, 6.07) is 9.16. The molecule has 1 atom stereocenters. The molecule has 22 heavy (non-hydrogen) atoms. The van der Waals surface area contributed by atoms with Gasteiger partial charge < -0.3 is 20.9 Å². The van der Waals surface area contributed by atoms with E-state index in [-0.39, 0.29) is 11.8 Å². The molecular weight excluding hydrogens is 280 g/mol. The molecule has 116 valence electrons. The molecule has 0 saturated carbocycles. The SMILES string of the molecule is O=C1N[C@@H](Cc2ccccc2)C(=O)N/C1=C/N1CCNCC1. The second-order valence-electron chi connectivity index (χ2n) is 5.53. The van der Waals surface area contributed by atoms with Crippen LogP contribution in [0.2, 0.25) is 0 Å². The van der Waals surface area contributed by atoms with Gasteiger partial charge in [-0.2, -0.15) is 0 Å². The number of nitrogens with zero attached hydrogens (tertiary/aromatic N) is 1. The number of carbonyl (C=O) groups is 2. The molecule has 0 spiro atoms. The molecule has 0 bridgehead atoms. The molecule has 0 unspecified atom stereocenters. The fourth-order valence-corrected chi connectivity index (χ4v) is 2.66. The number of nitrogens with one attached hydrogen (secondary N) is 3. The quantitative estimate of drug-likeness (QED) is 0.664. The number of hydrogen-bond donors (Lipinski definition) is 3. The van der Waals surface area contributed by atoms with Gasteiger partial charge in [0.1, 0.15) is 11.7 Å². The lowest BCUT2D eigenvalue weighted by Gasteiger charge is -2.29. The highest BCUT2D eigenvalue weighted by molar-refractivity contribution is 6.04. The van der Waals surface area contributed by atoms with Gasteiger partial charge in [-0.1, -0.05) is 30.3 Å². The molecule has 0 radical (unpaired) electrons. The van der Waals surface area contributed by atoms with E-state index in [4.69, 9.17) is 0 Å². The van der Waals surface area contributed by atoms with E-state index in [1.165, 1.54) is 0 Å². The highest BCUT2D eigenvalue weighted by Gasteiger charge is 2.30. The first-order valence-corrected chi connectivity index (χ1v) is 7.54. The minimum atomic E-state index is -0.518. The van der Waals surface area contributed by atoms with Gasteiger partial charge in [-0.05, 0) is 5.56 Å². The lowest BCUT2D eigenvalue weighted by atomic mass is 10.0. The van der Waals surface area contributed by atoms with Gasteiger partial charge in [0.05, 0.1) is 0 Å². The molecule has 0 aromatic heterocycles. The summed E-state index contributed by atoms with van der Waals surface area (Å²) in [5.41, 5.74) is 1.36. The molecule has 2 aliphatic rings. The number of benzene rings is 1. The van der Waals surface area contributed by atoms with Crippen molar-refractivity contribution in [1.29, 1.82) is 0 Å². The molecule has 2 fully saturated rings. The van der Waals surface area contributed by atoms with Crippen molar-refractivity contribution < 1.29 is 9.59 Å². The van der Waals surface area contributed by atoms with Gasteiger partial charge in [0.2, 0.25) is 5.91 Å². The van der Waals surface area contributed by atoms with Crippen LogP contribution in [-0.4, -0.2) is 48.9 Å². The molecule has 1 aromatic carbocycles. The summed E-state index contributed by atoms with van der Waals surface area (Å²) >= 11 is 0. The van der Waals surface area contributed by atoms with E-state index in [0.29, 0.717) is 12.1 Å². The van der Waals surface area contributed by atoms with E-state index >= 15 is 0 Å². The zero-order valence-corrected chi connectivity index (χ0v) is 12.3. The summed E-state index contributed by atoms with van der Waals surface area (Å²) in [5.74, 6) is -0.385. The van der Waals surface area contributed by atoms with E-state index in [0.717, 1.165) is 31.7 Å². The fourth-order valence-electron chi connectivity index (χ4n) is 2.66. The number of carbonyl (C=O) groups excluding carboxylic acids is 2. The molecule has 2 amide bonds. The number of piperazine rings is 2. The first-order chi connectivity index (χ1) is 10.7. The standard InChI is InChI=1S/C16H20N4O2/c21-15-13(10-12-4-2-1-3-5-12)18-16(22)14(19-15)11-20-8-6-17-7-9-20/h1-5,11,13,17H,6-10H2,(H,18,22)(H,19,21)/b14-11+/t13-/m0/s1.